The second kappa shape index (κ2) is 3.54. The number of nitrogens with zero attached hydrogens (tertiary/aromatic N) is 2. The maximum Gasteiger partial charge on any atom is 0.253 e. The van der Waals surface area contributed by atoms with Gasteiger partial charge in [-0.25, -0.2) is 4.98 Å². The average molecular weight is 185 g/mol. The number of pyridine rings is 1. The fraction of sp³-hybridized carbons (Fsp3) is 0.250. The van der Waals surface area contributed by atoms with E-state index in [1.54, 1.807) is 12.1 Å². The molecule has 0 atom stereocenters. The van der Waals surface area contributed by atoms with E-state index in [0.29, 0.717) is 5.56 Å². The second-order valence-electron chi connectivity index (χ2n) is 2.57. The Morgan fingerprint density at radius 1 is 1.50 bits per heavy atom. The molecule has 1 heterocycles. The van der Waals surface area contributed by atoms with Crippen molar-refractivity contribution >= 4 is 22.7 Å². The van der Waals surface area contributed by atoms with Crippen LogP contribution < -0.4 is 4.90 Å². The largest absolute Gasteiger partial charge is 0.363 e. The number of aromatic nitrogens is 1. The molecule has 0 aromatic carbocycles. The zero-order chi connectivity index (χ0) is 9.14. The van der Waals surface area contributed by atoms with Crippen LogP contribution in [0.15, 0.2) is 18.3 Å². The van der Waals surface area contributed by atoms with Crippen molar-refractivity contribution in [1.82, 2.24) is 4.98 Å². The van der Waals surface area contributed by atoms with E-state index < -0.39 is 5.24 Å². The molecule has 0 amide bonds. The number of carbonyl (C=O) groups is 1. The van der Waals surface area contributed by atoms with Gasteiger partial charge in [-0.15, -0.1) is 0 Å². The third kappa shape index (κ3) is 1.95. The van der Waals surface area contributed by atoms with E-state index >= 15 is 0 Å². The van der Waals surface area contributed by atoms with Crippen molar-refractivity contribution in [3.63, 3.8) is 0 Å². The second-order valence-corrected chi connectivity index (χ2v) is 2.92. The fourth-order valence-electron chi connectivity index (χ4n) is 0.767. The van der Waals surface area contributed by atoms with Crippen LogP contribution in [0.25, 0.3) is 0 Å². The minimum absolute atomic E-state index is 0.419. The Bertz CT molecular complexity index is 282. The molecular weight excluding hydrogens is 176 g/mol. The summed E-state index contributed by atoms with van der Waals surface area (Å²) in [6, 6.07) is 3.40. The van der Waals surface area contributed by atoms with Gasteiger partial charge in [0.05, 0.1) is 5.56 Å². The first-order valence-corrected chi connectivity index (χ1v) is 3.82. The SMILES string of the molecule is CN(C)c1ccc(C(=O)Cl)cn1. The first kappa shape index (κ1) is 9.00. The monoisotopic (exact) mass is 184 g/mol. The Labute approximate surface area is 76.0 Å². The van der Waals surface area contributed by atoms with Crippen molar-refractivity contribution in [2.75, 3.05) is 19.0 Å². The molecule has 0 unspecified atom stereocenters. The highest BCUT2D eigenvalue weighted by atomic mass is 35.5. The molecule has 0 saturated carbocycles. The summed E-state index contributed by atoms with van der Waals surface area (Å²) in [4.78, 5) is 16.5. The van der Waals surface area contributed by atoms with E-state index in [9.17, 15) is 4.79 Å². The smallest absolute Gasteiger partial charge is 0.253 e. The predicted octanol–water partition coefficient (Wildman–Crippen LogP) is 1.53. The van der Waals surface area contributed by atoms with E-state index in [0.717, 1.165) is 5.82 Å². The molecule has 0 radical (unpaired) electrons. The lowest BCUT2D eigenvalue weighted by Crippen LogP contribution is -2.10. The molecule has 64 valence electrons. The summed E-state index contributed by atoms with van der Waals surface area (Å²) in [5.74, 6) is 0.802. The summed E-state index contributed by atoms with van der Waals surface area (Å²) < 4.78 is 0. The summed E-state index contributed by atoms with van der Waals surface area (Å²) in [5, 5.41) is -0.479. The Hall–Kier alpha value is -1.09. The Balaban J connectivity index is 2.93. The molecule has 4 heteroatoms. The number of anilines is 1. The molecule has 0 fully saturated rings. The molecule has 1 aromatic rings. The van der Waals surface area contributed by atoms with E-state index in [-0.39, 0.29) is 0 Å². The minimum Gasteiger partial charge on any atom is -0.363 e. The van der Waals surface area contributed by atoms with Gasteiger partial charge in [-0.2, -0.15) is 0 Å². The summed E-state index contributed by atoms with van der Waals surface area (Å²) in [7, 11) is 3.76. The molecule has 0 aliphatic heterocycles. The number of hydrogen-bond acceptors (Lipinski definition) is 3. The molecule has 0 saturated heterocycles. The van der Waals surface area contributed by atoms with Gasteiger partial charge in [-0.1, -0.05) is 0 Å². The summed E-state index contributed by atoms with van der Waals surface area (Å²) in [6.45, 7) is 0. The first-order valence-electron chi connectivity index (χ1n) is 3.44. The molecule has 1 rings (SSSR count). The van der Waals surface area contributed by atoms with Gasteiger partial charge < -0.3 is 4.90 Å². The molecular formula is C8H9ClN2O. The normalized spacial score (nSPS) is 9.58. The van der Waals surface area contributed by atoms with E-state index in [1.165, 1.54) is 6.20 Å². The third-order valence-electron chi connectivity index (χ3n) is 1.43. The van der Waals surface area contributed by atoms with E-state index in [4.69, 9.17) is 11.6 Å². The molecule has 3 nitrogen and oxygen atoms in total. The highest BCUT2D eigenvalue weighted by molar-refractivity contribution is 6.67. The summed E-state index contributed by atoms with van der Waals surface area (Å²) >= 11 is 5.24. The lowest BCUT2D eigenvalue weighted by atomic mass is 10.3. The van der Waals surface area contributed by atoms with Crippen LogP contribution in [0.2, 0.25) is 0 Å². The Kier molecular flexibility index (Phi) is 2.65. The maximum absolute atomic E-state index is 10.6. The molecule has 1 aromatic heterocycles. The van der Waals surface area contributed by atoms with Gasteiger partial charge in [0.25, 0.3) is 5.24 Å². The van der Waals surface area contributed by atoms with Crippen molar-refractivity contribution < 1.29 is 4.79 Å². The van der Waals surface area contributed by atoms with Gasteiger partial charge in [-0.3, -0.25) is 4.79 Å². The quantitative estimate of drug-likeness (QED) is 0.654. The van der Waals surface area contributed by atoms with Gasteiger partial charge >= 0.3 is 0 Å². The van der Waals surface area contributed by atoms with Crippen LogP contribution in [0.1, 0.15) is 10.4 Å². The average Bonchev–Trinajstić information content (AvgIpc) is 2.04. The summed E-state index contributed by atoms with van der Waals surface area (Å²) in [6.07, 6.45) is 1.46. The van der Waals surface area contributed by atoms with Crippen molar-refractivity contribution in [2.24, 2.45) is 0 Å². The first-order chi connectivity index (χ1) is 5.61. The zero-order valence-corrected chi connectivity index (χ0v) is 7.67. The number of halogens is 1. The Morgan fingerprint density at radius 2 is 2.17 bits per heavy atom. The molecule has 0 aliphatic carbocycles. The predicted molar refractivity (Wildman–Crippen MR) is 48.7 cm³/mol. The van der Waals surface area contributed by atoms with Crippen LogP contribution >= 0.6 is 11.6 Å². The molecule has 0 bridgehead atoms. The zero-order valence-electron chi connectivity index (χ0n) is 6.91. The third-order valence-corrected chi connectivity index (χ3v) is 1.65. The Morgan fingerprint density at radius 3 is 2.50 bits per heavy atom. The van der Waals surface area contributed by atoms with Crippen LogP contribution in [-0.4, -0.2) is 24.3 Å². The lowest BCUT2D eigenvalue weighted by Gasteiger charge is -2.09. The minimum atomic E-state index is -0.479. The highest BCUT2D eigenvalue weighted by Crippen LogP contribution is 2.09. The van der Waals surface area contributed by atoms with Crippen LogP contribution in [0.4, 0.5) is 5.82 Å². The van der Waals surface area contributed by atoms with Gasteiger partial charge in [0, 0.05) is 20.3 Å². The number of rotatable bonds is 2. The van der Waals surface area contributed by atoms with Crippen LogP contribution in [-0.2, 0) is 0 Å². The van der Waals surface area contributed by atoms with E-state index in [1.807, 2.05) is 19.0 Å². The van der Waals surface area contributed by atoms with Crippen molar-refractivity contribution in [3.05, 3.63) is 23.9 Å². The number of carbonyl (C=O) groups excluding carboxylic acids is 1. The molecule has 0 N–H and O–H groups in total. The van der Waals surface area contributed by atoms with Crippen molar-refractivity contribution in [2.45, 2.75) is 0 Å². The van der Waals surface area contributed by atoms with Crippen LogP contribution in [0, 0.1) is 0 Å². The van der Waals surface area contributed by atoms with Crippen molar-refractivity contribution in [1.29, 1.82) is 0 Å². The molecule has 0 spiro atoms. The summed E-state index contributed by atoms with van der Waals surface area (Å²) in [5.41, 5.74) is 0.419. The van der Waals surface area contributed by atoms with Gasteiger partial charge in [0.1, 0.15) is 5.82 Å². The number of hydrogen-bond donors (Lipinski definition) is 0. The van der Waals surface area contributed by atoms with Crippen molar-refractivity contribution in [3.8, 4) is 0 Å². The fourth-order valence-corrected chi connectivity index (χ4v) is 0.879. The van der Waals surface area contributed by atoms with Gasteiger partial charge in [0.2, 0.25) is 0 Å². The lowest BCUT2D eigenvalue weighted by molar-refractivity contribution is 0.108. The highest BCUT2D eigenvalue weighted by Gasteiger charge is 2.02. The van der Waals surface area contributed by atoms with Crippen LogP contribution in [0.3, 0.4) is 0 Å². The standard InChI is InChI=1S/C8H9ClN2O/c1-11(2)7-4-3-6(5-10-7)8(9)12/h3-5H,1-2H3. The molecule has 0 aliphatic rings. The molecule has 12 heavy (non-hydrogen) atoms. The van der Waals surface area contributed by atoms with E-state index in [2.05, 4.69) is 4.98 Å². The topological polar surface area (TPSA) is 33.2 Å². The maximum atomic E-state index is 10.6. The van der Waals surface area contributed by atoms with Crippen LogP contribution in [0.5, 0.6) is 0 Å². The van der Waals surface area contributed by atoms with Gasteiger partial charge in [0.15, 0.2) is 0 Å². The van der Waals surface area contributed by atoms with Gasteiger partial charge in [-0.05, 0) is 23.7 Å².